The van der Waals surface area contributed by atoms with E-state index >= 15 is 0 Å². The van der Waals surface area contributed by atoms with Gasteiger partial charge in [0.15, 0.2) is 0 Å². The zero-order valence-electron chi connectivity index (χ0n) is 9.92. The van der Waals surface area contributed by atoms with E-state index in [2.05, 4.69) is 11.4 Å². The summed E-state index contributed by atoms with van der Waals surface area (Å²) >= 11 is 0. The molecule has 2 heteroatoms. The van der Waals surface area contributed by atoms with Crippen molar-refractivity contribution in [2.24, 2.45) is 5.92 Å². The van der Waals surface area contributed by atoms with Crippen molar-refractivity contribution in [1.29, 1.82) is 5.41 Å². The van der Waals surface area contributed by atoms with Gasteiger partial charge in [-0.3, -0.25) is 0 Å². The summed E-state index contributed by atoms with van der Waals surface area (Å²) in [5.74, 6) is 0.475. The fraction of sp³-hybridized carbons (Fsp3) is 0.500. The predicted octanol–water partition coefficient (Wildman–Crippen LogP) is 3.68. The molecule has 0 unspecified atom stereocenters. The fourth-order valence-corrected chi connectivity index (χ4v) is 2.55. The van der Waals surface area contributed by atoms with Crippen LogP contribution in [0.1, 0.15) is 37.7 Å². The molecule has 0 saturated heterocycles. The molecule has 0 atom stereocenters. The number of hydrogen-bond acceptors (Lipinski definition) is 2. The second kappa shape index (κ2) is 5.15. The van der Waals surface area contributed by atoms with Crippen molar-refractivity contribution in [1.82, 2.24) is 0 Å². The molecule has 1 aliphatic carbocycles. The number of hydrogen-bond donors (Lipinski definition) is 2. The molecule has 2 nitrogen and oxygen atoms in total. The average Bonchev–Trinajstić information content (AvgIpc) is 2.39. The molecule has 0 aliphatic heterocycles. The second-order valence-corrected chi connectivity index (χ2v) is 4.54. The van der Waals surface area contributed by atoms with Gasteiger partial charge in [-0.05, 0) is 18.9 Å². The lowest BCUT2D eigenvalue weighted by Gasteiger charge is -2.23. The summed E-state index contributed by atoms with van der Waals surface area (Å²) in [7, 11) is 1.92. The van der Waals surface area contributed by atoms with Crippen LogP contribution in [0.3, 0.4) is 0 Å². The monoisotopic (exact) mass is 216 g/mol. The quantitative estimate of drug-likeness (QED) is 0.743. The second-order valence-electron chi connectivity index (χ2n) is 4.54. The van der Waals surface area contributed by atoms with E-state index in [1.54, 1.807) is 0 Å². The Hall–Kier alpha value is -1.31. The predicted molar refractivity (Wildman–Crippen MR) is 69.4 cm³/mol. The Morgan fingerprint density at radius 3 is 2.56 bits per heavy atom. The van der Waals surface area contributed by atoms with E-state index in [0.717, 1.165) is 17.0 Å². The van der Waals surface area contributed by atoms with Gasteiger partial charge in [0.2, 0.25) is 0 Å². The Labute approximate surface area is 97.6 Å². The van der Waals surface area contributed by atoms with Gasteiger partial charge in [-0.25, -0.2) is 0 Å². The van der Waals surface area contributed by atoms with Crippen molar-refractivity contribution in [3.8, 4) is 0 Å². The Kier molecular flexibility index (Phi) is 3.60. The molecule has 2 N–H and O–H groups in total. The highest BCUT2D eigenvalue weighted by Gasteiger charge is 2.20. The molecule has 1 aliphatic rings. The van der Waals surface area contributed by atoms with Gasteiger partial charge in [0.1, 0.15) is 0 Å². The van der Waals surface area contributed by atoms with Crippen molar-refractivity contribution in [2.45, 2.75) is 32.1 Å². The van der Waals surface area contributed by atoms with Crippen molar-refractivity contribution < 1.29 is 0 Å². The van der Waals surface area contributed by atoms with Crippen LogP contribution in [-0.4, -0.2) is 12.8 Å². The van der Waals surface area contributed by atoms with E-state index in [9.17, 15) is 0 Å². The van der Waals surface area contributed by atoms with E-state index in [-0.39, 0.29) is 0 Å². The van der Waals surface area contributed by atoms with Crippen molar-refractivity contribution in [2.75, 3.05) is 12.4 Å². The van der Waals surface area contributed by atoms with Crippen LogP contribution in [0.5, 0.6) is 0 Å². The zero-order chi connectivity index (χ0) is 11.4. The van der Waals surface area contributed by atoms with Crippen molar-refractivity contribution >= 4 is 11.4 Å². The van der Waals surface area contributed by atoms with Crippen LogP contribution in [0.2, 0.25) is 0 Å². The van der Waals surface area contributed by atoms with Crippen molar-refractivity contribution in [3.05, 3.63) is 29.8 Å². The van der Waals surface area contributed by atoms with Gasteiger partial charge in [-0.2, -0.15) is 0 Å². The first-order valence-corrected chi connectivity index (χ1v) is 6.18. The Bertz CT molecular complexity index is 365. The molecule has 0 aromatic heterocycles. The summed E-state index contributed by atoms with van der Waals surface area (Å²) < 4.78 is 0. The largest absolute Gasteiger partial charge is 0.388 e. The van der Waals surface area contributed by atoms with Gasteiger partial charge in [0.05, 0.1) is 0 Å². The lowest BCUT2D eigenvalue weighted by atomic mass is 9.83. The Morgan fingerprint density at radius 2 is 1.88 bits per heavy atom. The minimum Gasteiger partial charge on any atom is -0.388 e. The maximum atomic E-state index is 8.33. The van der Waals surface area contributed by atoms with E-state index in [1.807, 2.05) is 25.2 Å². The highest BCUT2D eigenvalue weighted by atomic mass is 14.8. The Balaban J connectivity index is 2.19. The maximum absolute atomic E-state index is 8.33. The SMILES string of the molecule is CNc1ccccc1C(=N)C1CCCCC1. The van der Waals surface area contributed by atoms with E-state index in [0.29, 0.717) is 5.92 Å². The van der Waals surface area contributed by atoms with Crippen LogP contribution < -0.4 is 5.32 Å². The molecular formula is C14H20N2. The lowest BCUT2D eigenvalue weighted by Crippen LogP contribution is -2.18. The van der Waals surface area contributed by atoms with Crippen LogP contribution in [0.4, 0.5) is 5.69 Å². The third-order valence-corrected chi connectivity index (χ3v) is 3.50. The molecule has 2 rings (SSSR count). The smallest absolute Gasteiger partial charge is 0.0437 e. The van der Waals surface area contributed by atoms with Gasteiger partial charge >= 0.3 is 0 Å². The first-order chi connectivity index (χ1) is 7.83. The highest BCUT2D eigenvalue weighted by Crippen LogP contribution is 2.29. The van der Waals surface area contributed by atoms with Gasteiger partial charge < -0.3 is 10.7 Å². The standard InChI is InChI=1S/C14H20N2/c1-16-13-10-6-5-9-12(13)14(15)11-7-3-2-4-8-11/h5-6,9-11,15-16H,2-4,7-8H2,1H3. The summed E-state index contributed by atoms with van der Waals surface area (Å²) in [6.45, 7) is 0. The van der Waals surface area contributed by atoms with Crippen LogP contribution in [0.25, 0.3) is 0 Å². The summed E-state index contributed by atoms with van der Waals surface area (Å²) in [5.41, 5.74) is 2.99. The van der Waals surface area contributed by atoms with Gasteiger partial charge in [-0.15, -0.1) is 0 Å². The highest BCUT2D eigenvalue weighted by molar-refractivity contribution is 6.04. The molecule has 0 amide bonds. The molecular weight excluding hydrogens is 196 g/mol. The first kappa shape index (κ1) is 11.2. The first-order valence-electron chi connectivity index (χ1n) is 6.18. The normalized spacial score (nSPS) is 17.1. The summed E-state index contributed by atoms with van der Waals surface area (Å²) in [6.07, 6.45) is 6.30. The fourth-order valence-electron chi connectivity index (χ4n) is 2.55. The number of para-hydroxylation sites is 1. The lowest BCUT2D eigenvalue weighted by molar-refractivity contribution is 0.439. The number of nitrogens with one attached hydrogen (secondary N) is 2. The van der Waals surface area contributed by atoms with Crippen LogP contribution >= 0.6 is 0 Å². The molecule has 0 radical (unpaired) electrons. The van der Waals surface area contributed by atoms with Crippen LogP contribution in [0, 0.1) is 11.3 Å². The van der Waals surface area contributed by atoms with E-state index < -0.39 is 0 Å². The summed E-state index contributed by atoms with van der Waals surface area (Å²) in [4.78, 5) is 0. The van der Waals surface area contributed by atoms with E-state index in [1.165, 1.54) is 32.1 Å². The van der Waals surface area contributed by atoms with Gasteiger partial charge in [-0.1, -0.05) is 37.5 Å². The van der Waals surface area contributed by atoms with Gasteiger partial charge in [0, 0.05) is 29.9 Å². The molecule has 1 fully saturated rings. The topological polar surface area (TPSA) is 35.9 Å². The maximum Gasteiger partial charge on any atom is 0.0437 e. The van der Waals surface area contributed by atoms with Crippen molar-refractivity contribution in [3.63, 3.8) is 0 Å². The molecule has 16 heavy (non-hydrogen) atoms. The molecule has 0 heterocycles. The minimum atomic E-state index is 0.475. The Morgan fingerprint density at radius 1 is 1.19 bits per heavy atom. The van der Waals surface area contributed by atoms with Gasteiger partial charge in [0.25, 0.3) is 0 Å². The molecule has 0 spiro atoms. The number of rotatable bonds is 3. The third-order valence-electron chi connectivity index (χ3n) is 3.50. The van der Waals surface area contributed by atoms with Crippen LogP contribution in [-0.2, 0) is 0 Å². The molecule has 1 aromatic carbocycles. The molecule has 1 aromatic rings. The number of benzene rings is 1. The van der Waals surface area contributed by atoms with E-state index in [4.69, 9.17) is 5.41 Å². The average molecular weight is 216 g/mol. The van der Waals surface area contributed by atoms with Crippen LogP contribution in [0.15, 0.2) is 24.3 Å². The third kappa shape index (κ3) is 2.26. The minimum absolute atomic E-state index is 0.475. The summed E-state index contributed by atoms with van der Waals surface area (Å²) in [6, 6.07) is 8.15. The molecule has 86 valence electrons. The molecule has 1 saturated carbocycles. The molecule has 0 bridgehead atoms. The number of anilines is 1. The summed E-state index contributed by atoms with van der Waals surface area (Å²) in [5, 5.41) is 11.5. The zero-order valence-corrected chi connectivity index (χ0v) is 9.92.